The van der Waals surface area contributed by atoms with Crippen LogP contribution >= 0.6 is 11.3 Å². The van der Waals surface area contributed by atoms with Gasteiger partial charge < -0.3 is 10.1 Å². The summed E-state index contributed by atoms with van der Waals surface area (Å²) >= 11 is 1.27. The van der Waals surface area contributed by atoms with E-state index in [9.17, 15) is 13.2 Å². The molecule has 0 aliphatic carbocycles. The Balaban J connectivity index is 1.59. The minimum absolute atomic E-state index is 0.176. The zero-order valence-corrected chi connectivity index (χ0v) is 14.6. The molecule has 0 radical (unpaired) electrons. The maximum Gasteiger partial charge on any atom is 0.419 e. The molecule has 2 atom stereocenters. The molecule has 4 rings (SSSR count). The van der Waals surface area contributed by atoms with E-state index in [1.54, 1.807) is 0 Å². The lowest BCUT2D eigenvalue weighted by molar-refractivity contribution is -0.139. The fourth-order valence-corrected chi connectivity index (χ4v) is 3.84. The second-order valence-electron chi connectivity index (χ2n) is 5.93. The van der Waals surface area contributed by atoms with Gasteiger partial charge in [-0.3, -0.25) is 0 Å². The number of H-pyrrole nitrogens is 1. The first-order valence-electron chi connectivity index (χ1n) is 8.13. The van der Waals surface area contributed by atoms with Crippen molar-refractivity contribution in [2.75, 3.05) is 13.1 Å². The van der Waals surface area contributed by atoms with Gasteiger partial charge in [-0.15, -0.1) is 20.4 Å². The molecule has 2 aromatic heterocycles. The van der Waals surface area contributed by atoms with E-state index in [1.807, 2.05) is 0 Å². The monoisotopic (exact) mass is 397 g/mol. The number of aromatic nitrogens is 6. The number of ether oxygens (including phenoxy) is 1. The van der Waals surface area contributed by atoms with Crippen molar-refractivity contribution < 1.29 is 17.9 Å². The van der Waals surface area contributed by atoms with E-state index in [-0.39, 0.29) is 11.7 Å². The number of nitrogens with one attached hydrogen (secondary N) is 2. The molecule has 1 saturated heterocycles. The second kappa shape index (κ2) is 7.19. The Morgan fingerprint density at radius 1 is 1.15 bits per heavy atom. The number of aromatic amines is 1. The van der Waals surface area contributed by atoms with Crippen molar-refractivity contribution in [3.63, 3.8) is 0 Å². The molecule has 1 fully saturated rings. The van der Waals surface area contributed by atoms with Crippen LogP contribution in [0.3, 0.4) is 0 Å². The molecule has 1 aliphatic rings. The Hall–Kier alpha value is -2.60. The SMILES string of the molecule is FC(F)(F)c1ccccc1OC1CCNCC1c1nnc(-c2nn[nH]n2)s1. The summed E-state index contributed by atoms with van der Waals surface area (Å²) in [6.07, 6.45) is -4.39. The number of piperidine rings is 1. The largest absolute Gasteiger partial charge is 0.489 e. The fourth-order valence-electron chi connectivity index (χ4n) is 2.92. The summed E-state index contributed by atoms with van der Waals surface area (Å²) in [5, 5.41) is 26.1. The van der Waals surface area contributed by atoms with E-state index in [0.717, 1.165) is 6.07 Å². The summed E-state index contributed by atoms with van der Waals surface area (Å²) in [6, 6.07) is 5.23. The first-order valence-corrected chi connectivity index (χ1v) is 8.95. The molecule has 1 aliphatic heterocycles. The highest BCUT2D eigenvalue weighted by atomic mass is 32.1. The average molecular weight is 397 g/mol. The van der Waals surface area contributed by atoms with Gasteiger partial charge >= 0.3 is 6.18 Å². The van der Waals surface area contributed by atoms with Crippen molar-refractivity contribution in [2.45, 2.75) is 24.6 Å². The summed E-state index contributed by atoms with van der Waals surface area (Å²) in [4.78, 5) is 0. The molecule has 12 heteroatoms. The molecule has 0 amide bonds. The highest BCUT2D eigenvalue weighted by Gasteiger charge is 2.37. The molecule has 3 aromatic rings. The van der Waals surface area contributed by atoms with Gasteiger partial charge in [-0.1, -0.05) is 23.5 Å². The quantitative estimate of drug-likeness (QED) is 0.696. The average Bonchev–Trinajstić information content (AvgIpc) is 3.33. The summed E-state index contributed by atoms with van der Waals surface area (Å²) in [7, 11) is 0. The van der Waals surface area contributed by atoms with Crippen LogP contribution in [0.25, 0.3) is 10.8 Å². The van der Waals surface area contributed by atoms with Crippen LogP contribution in [0, 0.1) is 0 Å². The van der Waals surface area contributed by atoms with E-state index in [0.29, 0.717) is 35.3 Å². The van der Waals surface area contributed by atoms with Crippen LogP contribution in [0.4, 0.5) is 13.2 Å². The van der Waals surface area contributed by atoms with Crippen molar-refractivity contribution in [3.8, 4) is 16.6 Å². The van der Waals surface area contributed by atoms with E-state index >= 15 is 0 Å². The summed E-state index contributed by atoms with van der Waals surface area (Å²) in [5.74, 6) is -0.0922. The van der Waals surface area contributed by atoms with E-state index < -0.39 is 17.8 Å². The third-order valence-electron chi connectivity index (χ3n) is 4.18. The minimum Gasteiger partial charge on any atom is -0.489 e. The number of para-hydroxylation sites is 1. The van der Waals surface area contributed by atoms with Gasteiger partial charge in [-0.25, -0.2) is 0 Å². The van der Waals surface area contributed by atoms with Gasteiger partial charge in [0.1, 0.15) is 16.9 Å². The maximum absolute atomic E-state index is 13.2. The zero-order chi connectivity index (χ0) is 18.9. The first-order chi connectivity index (χ1) is 13.0. The van der Waals surface area contributed by atoms with Crippen molar-refractivity contribution in [3.05, 3.63) is 34.8 Å². The molecular formula is C15H14F3N7OS. The Labute approximate surface area is 155 Å². The highest BCUT2D eigenvalue weighted by Crippen LogP contribution is 2.38. The zero-order valence-electron chi connectivity index (χ0n) is 13.8. The molecule has 8 nitrogen and oxygen atoms in total. The normalized spacial score (nSPS) is 20.6. The number of tetrazole rings is 1. The predicted octanol–water partition coefficient (Wildman–Crippen LogP) is 2.26. The fraction of sp³-hybridized carbons (Fsp3) is 0.400. The first kappa shape index (κ1) is 17.8. The maximum atomic E-state index is 13.2. The molecular weight excluding hydrogens is 383 g/mol. The summed E-state index contributed by atoms with van der Waals surface area (Å²) < 4.78 is 45.6. The summed E-state index contributed by atoms with van der Waals surface area (Å²) in [6.45, 7) is 1.17. The topological polar surface area (TPSA) is 101 Å². The number of halogens is 3. The van der Waals surface area contributed by atoms with E-state index in [1.165, 1.54) is 29.5 Å². The van der Waals surface area contributed by atoms with Gasteiger partial charge in [0.2, 0.25) is 5.82 Å². The number of hydrogen-bond acceptors (Lipinski definition) is 8. The van der Waals surface area contributed by atoms with Crippen LogP contribution in [-0.4, -0.2) is 50.0 Å². The lowest BCUT2D eigenvalue weighted by atomic mass is 9.96. The van der Waals surface area contributed by atoms with Gasteiger partial charge in [-0.05, 0) is 30.3 Å². The van der Waals surface area contributed by atoms with Crippen LogP contribution in [-0.2, 0) is 6.18 Å². The lowest BCUT2D eigenvalue weighted by Gasteiger charge is -2.31. The van der Waals surface area contributed by atoms with Crippen molar-refractivity contribution in [2.24, 2.45) is 0 Å². The molecule has 2 N–H and O–H groups in total. The number of hydrogen-bond donors (Lipinski definition) is 2. The van der Waals surface area contributed by atoms with E-state index in [4.69, 9.17) is 4.74 Å². The third kappa shape index (κ3) is 3.76. The number of rotatable bonds is 4. The molecule has 2 unspecified atom stereocenters. The van der Waals surface area contributed by atoms with E-state index in [2.05, 4.69) is 36.1 Å². The highest BCUT2D eigenvalue weighted by molar-refractivity contribution is 7.14. The smallest absolute Gasteiger partial charge is 0.419 e. The number of benzene rings is 1. The standard InChI is InChI=1S/C15H14F3N7OS/c16-15(17,18)9-3-1-2-4-11(9)26-10-5-6-19-7-8(10)13-22-23-14(27-13)12-20-24-25-21-12/h1-4,8,10,19H,5-7H2,(H,20,21,24,25). The second-order valence-corrected chi connectivity index (χ2v) is 6.94. The molecule has 1 aromatic carbocycles. The Bertz CT molecular complexity index is 899. The van der Waals surface area contributed by atoms with Crippen LogP contribution in [0.1, 0.15) is 22.9 Å². The molecule has 0 bridgehead atoms. The van der Waals surface area contributed by atoms with Crippen molar-refractivity contribution >= 4 is 11.3 Å². The molecule has 3 heterocycles. The number of alkyl halides is 3. The van der Waals surface area contributed by atoms with Gasteiger partial charge in [0.15, 0.2) is 5.01 Å². The molecule has 0 saturated carbocycles. The van der Waals surface area contributed by atoms with Gasteiger partial charge in [0.05, 0.1) is 11.5 Å². The molecule has 142 valence electrons. The Morgan fingerprint density at radius 3 is 2.78 bits per heavy atom. The van der Waals surface area contributed by atoms with Crippen LogP contribution in [0.5, 0.6) is 5.75 Å². The lowest BCUT2D eigenvalue weighted by Crippen LogP contribution is -2.41. The third-order valence-corrected chi connectivity index (χ3v) is 5.24. The van der Waals surface area contributed by atoms with Crippen molar-refractivity contribution in [1.82, 2.24) is 36.1 Å². The van der Waals surface area contributed by atoms with Gasteiger partial charge in [0.25, 0.3) is 0 Å². The van der Waals surface area contributed by atoms with Crippen LogP contribution in [0.2, 0.25) is 0 Å². The summed E-state index contributed by atoms with van der Waals surface area (Å²) in [5.41, 5.74) is -0.785. The Morgan fingerprint density at radius 2 is 2.00 bits per heavy atom. The molecule has 0 spiro atoms. The van der Waals surface area contributed by atoms with Crippen LogP contribution in [0.15, 0.2) is 24.3 Å². The van der Waals surface area contributed by atoms with Gasteiger partial charge in [-0.2, -0.15) is 18.4 Å². The molecule has 27 heavy (non-hydrogen) atoms. The van der Waals surface area contributed by atoms with Crippen LogP contribution < -0.4 is 10.1 Å². The minimum atomic E-state index is -4.48. The van der Waals surface area contributed by atoms with Crippen molar-refractivity contribution in [1.29, 1.82) is 0 Å². The number of nitrogens with zero attached hydrogens (tertiary/aromatic N) is 5. The van der Waals surface area contributed by atoms with Gasteiger partial charge in [0, 0.05) is 6.54 Å². The predicted molar refractivity (Wildman–Crippen MR) is 89.2 cm³/mol. The Kier molecular flexibility index (Phi) is 4.74.